The lowest BCUT2D eigenvalue weighted by molar-refractivity contribution is 0.347. The summed E-state index contributed by atoms with van der Waals surface area (Å²) in [5.74, 6) is 3.51. The van der Waals surface area contributed by atoms with Crippen molar-refractivity contribution in [2.75, 3.05) is 33.8 Å². The fourth-order valence-corrected chi connectivity index (χ4v) is 4.95. The van der Waals surface area contributed by atoms with Crippen LogP contribution in [0.5, 0.6) is 23.0 Å². The first-order chi connectivity index (χ1) is 16.7. The molecular weight excluding hydrogens is 432 g/mol. The second-order valence-corrected chi connectivity index (χ2v) is 8.14. The van der Waals surface area contributed by atoms with E-state index in [0.717, 1.165) is 41.8 Å². The Morgan fingerprint density at radius 1 is 0.912 bits per heavy atom. The molecule has 1 aromatic heterocycles. The molecule has 8 nitrogen and oxygen atoms in total. The van der Waals surface area contributed by atoms with Gasteiger partial charge in [-0.1, -0.05) is 24.3 Å². The van der Waals surface area contributed by atoms with Crippen LogP contribution in [-0.2, 0) is 0 Å². The van der Waals surface area contributed by atoms with Gasteiger partial charge in [0.2, 0.25) is 5.95 Å². The van der Waals surface area contributed by atoms with Crippen LogP contribution in [0.15, 0.2) is 59.6 Å². The average Bonchev–Trinajstić information content (AvgIpc) is 3.35. The fourth-order valence-electron chi connectivity index (χ4n) is 4.95. The number of hydrogen-bond donors (Lipinski definition) is 1. The predicted octanol–water partition coefficient (Wildman–Crippen LogP) is 4.85. The molecule has 176 valence electrons. The van der Waals surface area contributed by atoms with Crippen LogP contribution in [-0.4, -0.2) is 43.2 Å². The standard InChI is InChI=1S/C26H28N4O4/c1-31-20-12-6-9-17(24(20)33-3)14-16-8-5-10-18-22(16)29-26-27-15-28-30(26)23(18)19-11-7-13-21(32-2)25(19)34-4/h6-7,9,11-15,23H,5,8,10H2,1-4H3,(H,27,28,29)/b16-14+. The number of anilines is 1. The van der Waals surface area contributed by atoms with E-state index in [0.29, 0.717) is 23.2 Å². The van der Waals surface area contributed by atoms with Crippen molar-refractivity contribution in [2.24, 2.45) is 0 Å². The number of nitrogens with zero attached hydrogens (tertiary/aromatic N) is 3. The fraction of sp³-hybridized carbons (Fsp3) is 0.308. The summed E-state index contributed by atoms with van der Waals surface area (Å²) in [5, 5.41) is 8.09. The molecule has 3 aromatic rings. The number of nitrogens with one attached hydrogen (secondary N) is 1. The lowest BCUT2D eigenvalue weighted by atomic mass is 9.83. The van der Waals surface area contributed by atoms with Gasteiger partial charge in [0, 0.05) is 16.8 Å². The number of rotatable bonds is 6. The zero-order chi connectivity index (χ0) is 23.7. The highest BCUT2D eigenvalue weighted by Gasteiger charge is 2.35. The van der Waals surface area contributed by atoms with Gasteiger partial charge < -0.3 is 24.3 Å². The molecule has 8 heteroatoms. The minimum Gasteiger partial charge on any atom is -0.493 e. The lowest BCUT2D eigenvalue weighted by Gasteiger charge is -2.35. The van der Waals surface area contributed by atoms with Crippen LogP contribution in [0.25, 0.3) is 6.08 Å². The van der Waals surface area contributed by atoms with Crippen LogP contribution in [0, 0.1) is 0 Å². The zero-order valence-electron chi connectivity index (χ0n) is 19.8. The van der Waals surface area contributed by atoms with E-state index in [1.807, 2.05) is 35.0 Å². The summed E-state index contributed by atoms with van der Waals surface area (Å²) >= 11 is 0. The number of allylic oxidation sites excluding steroid dienone is 2. The molecule has 1 aliphatic heterocycles. The molecule has 0 amide bonds. The molecular formula is C26H28N4O4. The first-order valence-electron chi connectivity index (χ1n) is 11.2. The van der Waals surface area contributed by atoms with Crippen LogP contribution in [0.3, 0.4) is 0 Å². The van der Waals surface area contributed by atoms with Gasteiger partial charge in [0.1, 0.15) is 12.4 Å². The average molecular weight is 461 g/mol. The highest BCUT2D eigenvalue weighted by atomic mass is 16.5. The van der Waals surface area contributed by atoms with Crippen molar-refractivity contribution in [1.82, 2.24) is 14.8 Å². The Balaban J connectivity index is 1.68. The Bertz CT molecular complexity index is 1280. The van der Waals surface area contributed by atoms with E-state index in [-0.39, 0.29) is 6.04 Å². The third-order valence-electron chi connectivity index (χ3n) is 6.41. The van der Waals surface area contributed by atoms with E-state index < -0.39 is 0 Å². The van der Waals surface area contributed by atoms with Crippen molar-refractivity contribution in [3.05, 3.63) is 70.7 Å². The minimum atomic E-state index is -0.158. The molecule has 1 N–H and O–H groups in total. The molecule has 0 bridgehead atoms. The monoisotopic (exact) mass is 460 g/mol. The first-order valence-corrected chi connectivity index (χ1v) is 11.2. The second-order valence-electron chi connectivity index (χ2n) is 8.14. The Labute approximate surface area is 198 Å². The highest BCUT2D eigenvalue weighted by Crippen LogP contribution is 2.47. The molecule has 2 aromatic carbocycles. The number of methoxy groups -OCH3 is 4. The van der Waals surface area contributed by atoms with E-state index in [9.17, 15) is 0 Å². The highest BCUT2D eigenvalue weighted by molar-refractivity contribution is 5.70. The molecule has 0 spiro atoms. The molecule has 0 radical (unpaired) electrons. The van der Waals surface area contributed by atoms with Crippen LogP contribution >= 0.6 is 0 Å². The lowest BCUT2D eigenvalue weighted by Crippen LogP contribution is -2.28. The summed E-state index contributed by atoms with van der Waals surface area (Å²) in [5.41, 5.74) is 5.46. The molecule has 0 fully saturated rings. The van der Waals surface area contributed by atoms with Crippen molar-refractivity contribution in [3.8, 4) is 23.0 Å². The van der Waals surface area contributed by atoms with E-state index >= 15 is 0 Å². The van der Waals surface area contributed by atoms with Gasteiger partial charge in [0.25, 0.3) is 0 Å². The molecule has 5 rings (SSSR count). The molecule has 0 saturated carbocycles. The SMILES string of the molecule is COc1cccc(/C=C2\CCCC3=C2Nc2ncnn2C3c2cccc(OC)c2OC)c1OC. The van der Waals surface area contributed by atoms with Gasteiger partial charge in [0.05, 0.1) is 28.4 Å². The summed E-state index contributed by atoms with van der Waals surface area (Å²) in [6.07, 6.45) is 6.64. The number of ether oxygens (including phenoxy) is 4. The van der Waals surface area contributed by atoms with Crippen LogP contribution in [0.2, 0.25) is 0 Å². The van der Waals surface area contributed by atoms with Crippen LogP contribution in [0.4, 0.5) is 5.95 Å². The molecule has 34 heavy (non-hydrogen) atoms. The van der Waals surface area contributed by atoms with Crippen LogP contribution in [0.1, 0.15) is 36.4 Å². The molecule has 2 aliphatic rings. The maximum atomic E-state index is 5.80. The maximum Gasteiger partial charge on any atom is 0.226 e. The number of fused-ring (bicyclic) bond motifs is 1. The number of benzene rings is 2. The van der Waals surface area contributed by atoms with E-state index in [4.69, 9.17) is 18.9 Å². The summed E-state index contributed by atoms with van der Waals surface area (Å²) in [4.78, 5) is 4.49. The van der Waals surface area contributed by atoms with Gasteiger partial charge in [-0.15, -0.1) is 0 Å². The number of para-hydroxylation sites is 2. The maximum absolute atomic E-state index is 5.80. The van der Waals surface area contributed by atoms with Crippen LogP contribution < -0.4 is 24.3 Å². The number of hydrogen-bond acceptors (Lipinski definition) is 7. The normalized spacial score (nSPS) is 18.1. The second kappa shape index (κ2) is 9.13. The van der Waals surface area contributed by atoms with E-state index in [1.165, 1.54) is 11.1 Å². The summed E-state index contributed by atoms with van der Waals surface area (Å²) in [6.45, 7) is 0. The van der Waals surface area contributed by atoms with E-state index in [2.05, 4.69) is 27.5 Å². The zero-order valence-corrected chi connectivity index (χ0v) is 19.8. The third-order valence-corrected chi connectivity index (χ3v) is 6.41. The Morgan fingerprint density at radius 3 is 2.38 bits per heavy atom. The first kappa shape index (κ1) is 21.9. The molecule has 1 atom stereocenters. The largest absolute Gasteiger partial charge is 0.493 e. The van der Waals surface area contributed by atoms with Crippen molar-refractivity contribution in [1.29, 1.82) is 0 Å². The van der Waals surface area contributed by atoms with Gasteiger partial charge in [-0.25, -0.2) is 4.68 Å². The van der Waals surface area contributed by atoms with Crippen molar-refractivity contribution < 1.29 is 18.9 Å². The van der Waals surface area contributed by atoms with Gasteiger partial charge in [0.15, 0.2) is 23.0 Å². The van der Waals surface area contributed by atoms with Crippen molar-refractivity contribution in [3.63, 3.8) is 0 Å². The van der Waals surface area contributed by atoms with E-state index in [1.54, 1.807) is 34.8 Å². The Morgan fingerprint density at radius 2 is 1.65 bits per heavy atom. The number of aromatic nitrogens is 3. The smallest absolute Gasteiger partial charge is 0.226 e. The molecule has 1 unspecified atom stereocenters. The Hall–Kier alpha value is -3.94. The van der Waals surface area contributed by atoms with Gasteiger partial charge in [-0.05, 0) is 48.6 Å². The van der Waals surface area contributed by atoms with Gasteiger partial charge in [-0.3, -0.25) is 0 Å². The van der Waals surface area contributed by atoms with Gasteiger partial charge in [-0.2, -0.15) is 10.1 Å². The molecule has 2 heterocycles. The quantitative estimate of drug-likeness (QED) is 0.563. The van der Waals surface area contributed by atoms with Gasteiger partial charge >= 0.3 is 0 Å². The Kier molecular flexibility index (Phi) is 5.88. The molecule has 1 aliphatic carbocycles. The summed E-state index contributed by atoms with van der Waals surface area (Å²) in [6, 6.07) is 11.7. The predicted molar refractivity (Wildman–Crippen MR) is 130 cm³/mol. The van der Waals surface area contributed by atoms with Crippen molar-refractivity contribution >= 4 is 12.0 Å². The molecule has 0 saturated heterocycles. The summed E-state index contributed by atoms with van der Waals surface area (Å²) < 4.78 is 24.5. The summed E-state index contributed by atoms with van der Waals surface area (Å²) in [7, 11) is 6.63. The minimum absolute atomic E-state index is 0.158. The van der Waals surface area contributed by atoms with Crippen molar-refractivity contribution in [2.45, 2.75) is 25.3 Å². The topological polar surface area (TPSA) is 79.7 Å². The third kappa shape index (κ3) is 3.55.